The third-order valence-electron chi connectivity index (χ3n) is 5.25. The molecule has 0 spiro atoms. The number of benzene rings is 2. The molecule has 2 aliphatic heterocycles. The third kappa shape index (κ3) is 2.03. The molecule has 4 rings (SSSR count). The number of fused-ring (bicyclic) bond motifs is 3. The van der Waals surface area contributed by atoms with Crippen LogP contribution in [0.1, 0.15) is 32.8 Å². The summed E-state index contributed by atoms with van der Waals surface area (Å²) in [5, 5.41) is 9.67. The Hall–Kier alpha value is -1.87. The van der Waals surface area contributed by atoms with Crippen LogP contribution in [0.5, 0.6) is 0 Å². The van der Waals surface area contributed by atoms with E-state index in [1.54, 1.807) is 0 Å². The van der Waals surface area contributed by atoms with Crippen LogP contribution in [-0.2, 0) is 5.41 Å². The first kappa shape index (κ1) is 13.8. The lowest BCUT2D eigenvalue weighted by atomic mass is 9.79. The van der Waals surface area contributed by atoms with Gasteiger partial charge in [-0.3, -0.25) is 4.99 Å². The zero-order valence-corrected chi connectivity index (χ0v) is 13.5. The molecule has 0 aliphatic carbocycles. The monoisotopic (exact) mass is 293 g/mol. The molecule has 2 aromatic carbocycles. The van der Waals surface area contributed by atoms with Crippen molar-refractivity contribution in [2.75, 3.05) is 18.4 Å². The molecule has 1 fully saturated rings. The molecule has 1 unspecified atom stereocenters. The number of hydrogen-bond acceptors (Lipinski definition) is 3. The number of hydrogen-bond donors (Lipinski definition) is 2. The van der Waals surface area contributed by atoms with E-state index in [1.165, 1.54) is 34.2 Å². The molecule has 0 radical (unpaired) electrons. The maximum Gasteiger partial charge on any atom is 0.0677 e. The van der Waals surface area contributed by atoms with Crippen molar-refractivity contribution in [1.29, 1.82) is 0 Å². The second-order valence-corrected chi connectivity index (χ2v) is 7.05. The van der Waals surface area contributed by atoms with Gasteiger partial charge in [-0.05, 0) is 54.4 Å². The molecule has 2 N–H and O–H groups in total. The average Bonchev–Trinajstić information content (AvgIpc) is 3.06. The molecule has 0 aromatic heterocycles. The molecular formula is C19H23N3. The molecule has 114 valence electrons. The van der Waals surface area contributed by atoms with E-state index in [-0.39, 0.29) is 5.41 Å². The minimum Gasteiger partial charge on any atom is -0.381 e. The standard InChI is InChI=1S/C19H23N3/c1-12-19(2,3)18-16-6-5-14(22-15-8-9-20-11-15)10-13(16)4-7-17(18)21-12/h4-7,10,15,20,22H,8-9,11H2,1-3H3. The molecule has 1 saturated heterocycles. The van der Waals surface area contributed by atoms with Crippen molar-refractivity contribution in [2.24, 2.45) is 4.99 Å². The highest BCUT2D eigenvalue weighted by atomic mass is 15.0. The van der Waals surface area contributed by atoms with Gasteiger partial charge in [0.1, 0.15) is 0 Å². The quantitative estimate of drug-likeness (QED) is 0.878. The zero-order valence-electron chi connectivity index (χ0n) is 13.5. The van der Waals surface area contributed by atoms with Crippen LogP contribution in [0.2, 0.25) is 0 Å². The second-order valence-electron chi connectivity index (χ2n) is 7.05. The number of anilines is 1. The Labute approximate surface area is 131 Å². The van der Waals surface area contributed by atoms with Crippen LogP contribution in [-0.4, -0.2) is 24.8 Å². The molecule has 0 amide bonds. The van der Waals surface area contributed by atoms with Gasteiger partial charge in [0.25, 0.3) is 0 Å². The lowest BCUT2D eigenvalue weighted by Gasteiger charge is -2.22. The Morgan fingerprint density at radius 2 is 2.09 bits per heavy atom. The number of nitrogens with one attached hydrogen (secondary N) is 2. The van der Waals surface area contributed by atoms with Crippen molar-refractivity contribution in [3.8, 4) is 0 Å². The molecule has 2 heterocycles. The summed E-state index contributed by atoms with van der Waals surface area (Å²) < 4.78 is 0. The van der Waals surface area contributed by atoms with Crippen LogP contribution in [0.4, 0.5) is 11.4 Å². The van der Waals surface area contributed by atoms with Crippen molar-refractivity contribution >= 4 is 27.9 Å². The minimum atomic E-state index is 0.0269. The van der Waals surface area contributed by atoms with Crippen molar-refractivity contribution < 1.29 is 0 Å². The minimum absolute atomic E-state index is 0.0269. The molecule has 3 heteroatoms. The van der Waals surface area contributed by atoms with Gasteiger partial charge in [0.05, 0.1) is 5.69 Å². The number of rotatable bonds is 2. The second kappa shape index (κ2) is 4.82. The van der Waals surface area contributed by atoms with E-state index >= 15 is 0 Å². The Morgan fingerprint density at radius 3 is 2.86 bits per heavy atom. The molecular weight excluding hydrogens is 270 g/mol. The first-order valence-corrected chi connectivity index (χ1v) is 8.16. The summed E-state index contributed by atoms with van der Waals surface area (Å²) in [6, 6.07) is 11.7. The Balaban J connectivity index is 1.76. The highest BCUT2D eigenvalue weighted by molar-refractivity contribution is 6.06. The SMILES string of the molecule is CC1=Nc2ccc3cc(NC4CCNC4)ccc3c2C1(C)C. The van der Waals surface area contributed by atoms with Gasteiger partial charge < -0.3 is 10.6 Å². The van der Waals surface area contributed by atoms with Gasteiger partial charge in [0.15, 0.2) is 0 Å². The van der Waals surface area contributed by atoms with Crippen molar-refractivity contribution in [2.45, 2.75) is 38.6 Å². The molecule has 22 heavy (non-hydrogen) atoms. The van der Waals surface area contributed by atoms with E-state index < -0.39 is 0 Å². The fraction of sp³-hybridized carbons (Fsp3) is 0.421. The summed E-state index contributed by atoms with van der Waals surface area (Å²) in [6.07, 6.45) is 1.20. The molecule has 1 atom stereocenters. The molecule has 3 nitrogen and oxygen atoms in total. The van der Waals surface area contributed by atoms with Gasteiger partial charge in [0.2, 0.25) is 0 Å². The van der Waals surface area contributed by atoms with Crippen LogP contribution in [0, 0.1) is 0 Å². The summed E-state index contributed by atoms with van der Waals surface area (Å²) in [7, 11) is 0. The van der Waals surface area contributed by atoms with E-state index in [2.05, 4.69) is 61.7 Å². The first-order chi connectivity index (χ1) is 10.6. The lowest BCUT2D eigenvalue weighted by molar-refractivity contribution is 0.740. The molecule has 0 bridgehead atoms. The van der Waals surface area contributed by atoms with Crippen LogP contribution in [0.25, 0.3) is 10.8 Å². The predicted molar refractivity (Wildman–Crippen MR) is 94.6 cm³/mol. The number of nitrogens with zero attached hydrogens (tertiary/aromatic N) is 1. The molecule has 2 aromatic rings. The van der Waals surface area contributed by atoms with Gasteiger partial charge in [-0.15, -0.1) is 0 Å². The summed E-state index contributed by atoms with van der Waals surface area (Å²) in [5.41, 5.74) is 4.95. The normalized spacial score (nSPS) is 22.7. The Kier molecular flexibility index (Phi) is 3.01. The molecule has 2 aliphatic rings. The summed E-state index contributed by atoms with van der Waals surface area (Å²) in [4.78, 5) is 4.75. The fourth-order valence-electron chi connectivity index (χ4n) is 3.67. The lowest BCUT2D eigenvalue weighted by Crippen LogP contribution is -2.23. The van der Waals surface area contributed by atoms with Gasteiger partial charge in [-0.1, -0.05) is 26.0 Å². The third-order valence-corrected chi connectivity index (χ3v) is 5.25. The maximum absolute atomic E-state index is 4.75. The van der Waals surface area contributed by atoms with Crippen LogP contribution >= 0.6 is 0 Å². The van der Waals surface area contributed by atoms with Crippen molar-refractivity contribution in [1.82, 2.24) is 5.32 Å². The highest BCUT2D eigenvalue weighted by Crippen LogP contribution is 2.44. The summed E-state index contributed by atoms with van der Waals surface area (Å²) in [5.74, 6) is 0. The van der Waals surface area contributed by atoms with E-state index in [0.717, 1.165) is 18.8 Å². The number of aliphatic imine (C=N–C) groups is 1. The average molecular weight is 293 g/mol. The van der Waals surface area contributed by atoms with Gasteiger partial charge in [0, 0.05) is 29.4 Å². The van der Waals surface area contributed by atoms with Crippen molar-refractivity contribution in [3.63, 3.8) is 0 Å². The first-order valence-electron chi connectivity index (χ1n) is 8.16. The molecule has 0 saturated carbocycles. The van der Waals surface area contributed by atoms with E-state index in [4.69, 9.17) is 4.99 Å². The topological polar surface area (TPSA) is 36.4 Å². The van der Waals surface area contributed by atoms with Crippen LogP contribution in [0.3, 0.4) is 0 Å². The zero-order chi connectivity index (χ0) is 15.3. The fourth-order valence-corrected chi connectivity index (χ4v) is 3.67. The largest absolute Gasteiger partial charge is 0.381 e. The van der Waals surface area contributed by atoms with Gasteiger partial charge in [-0.25, -0.2) is 0 Å². The van der Waals surface area contributed by atoms with E-state index in [0.29, 0.717) is 6.04 Å². The Bertz CT molecular complexity index is 768. The van der Waals surface area contributed by atoms with Crippen LogP contribution in [0.15, 0.2) is 35.3 Å². The summed E-state index contributed by atoms with van der Waals surface area (Å²) in [6.45, 7) is 8.85. The maximum atomic E-state index is 4.75. The van der Waals surface area contributed by atoms with Gasteiger partial charge in [-0.2, -0.15) is 0 Å². The summed E-state index contributed by atoms with van der Waals surface area (Å²) >= 11 is 0. The van der Waals surface area contributed by atoms with E-state index in [1.807, 2.05) is 0 Å². The predicted octanol–water partition coefficient (Wildman–Crippen LogP) is 4.00. The van der Waals surface area contributed by atoms with E-state index in [9.17, 15) is 0 Å². The smallest absolute Gasteiger partial charge is 0.0677 e. The highest BCUT2D eigenvalue weighted by Gasteiger charge is 2.33. The van der Waals surface area contributed by atoms with Crippen molar-refractivity contribution in [3.05, 3.63) is 35.9 Å². The van der Waals surface area contributed by atoms with Gasteiger partial charge >= 0.3 is 0 Å². The Morgan fingerprint density at radius 1 is 1.23 bits per heavy atom. The van der Waals surface area contributed by atoms with Crippen LogP contribution < -0.4 is 10.6 Å².